The van der Waals surface area contributed by atoms with Gasteiger partial charge in [-0.15, -0.1) is 0 Å². The van der Waals surface area contributed by atoms with Crippen molar-refractivity contribution in [3.8, 4) is 0 Å². The lowest BCUT2D eigenvalue weighted by Crippen LogP contribution is -2.58. The Balaban J connectivity index is 1.71. The lowest BCUT2D eigenvalue weighted by Gasteiger charge is -2.35. The molecule has 0 aromatic heterocycles. The summed E-state index contributed by atoms with van der Waals surface area (Å²) < 4.78 is 0. The number of rotatable bonds is 9. The monoisotopic (exact) mass is 542 g/mol. The maximum Gasteiger partial charge on any atom is 0.407 e. The molecule has 0 spiro atoms. The van der Waals surface area contributed by atoms with Crippen LogP contribution < -0.4 is 10.6 Å². The highest BCUT2D eigenvalue weighted by atomic mass is 16.4. The molecule has 3 N–H and O–H groups in total. The van der Waals surface area contributed by atoms with E-state index in [4.69, 9.17) is 0 Å². The number of nitrogens with zero attached hydrogens (tertiary/aromatic N) is 2. The minimum Gasteiger partial charge on any atom is -0.465 e. The van der Waals surface area contributed by atoms with E-state index in [2.05, 4.69) is 10.6 Å². The van der Waals surface area contributed by atoms with Crippen molar-refractivity contribution in [1.82, 2.24) is 20.4 Å². The van der Waals surface area contributed by atoms with Crippen LogP contribution in [0.5, 0.6) is 0 Å². The largest absolute Gasteiger partial charge is 0.465 e. The molecule has 2 aliphatic rings. The molecular formula is C28H38N4O7. The second-order valence-corrected chi connectivity index (χ2v) is 10.5. The summed E-state index contributed by atoms with van der Waals surface area (Å²) in [4.78, 5) is 77.3. The number of hydrogen-bond donors (Lipinski definition) is 3. The standard InChI is InChI=1S/C28H38N4O7/c1-16(31(4)28(38)39)25(35)30-22-11-6-5-10-21-12-13-23(32(21)27(22)37)26(36)29-15-19-8-7-9-20(14-19)24(17(2)33)18(3)34/h7-9,14,16,21-24H,5-6,10-13,15H2,1-4H3,(H,29,36)(H,30,35)(H,38,39)/t16-,21-,22-,23-/m0/s1. The van der Waals surface area contributed by atoms with Gasteiger partial charge in [-0.25, -0.2) is 4.79 Å². The van der Waals surface area contributed by atoms with Gasteiger partial charge < -0.3 is 20.6 Å². The predicted molar refractivity (Wildman–Crippen MR) is 142 cm³/mol. The zero-order valence-corrected chi connectivity index (χ0v) is 22.9. The third-order valence-corrected chi connectivity index (χ3v) is 7.78. The normalized spacial score (nSPS) is 21.8. The average molecular weight is 543 g/mol. The van der Waals surface area contributed by atoms with Crippen molar-refractivity contribution in [3.63, 3.8) is 0 Å². The van der Waals surface area contributed by atoms with Crippen molar-refractivity contribution in [2.75, 3.05) is 7.05 Å². The summed E-state index contributed by atoms with van der Waals surface area (Å²) in [5, 5.41) is 14.8. The number of nitrogens with one attached hydrogen (secondary N) is 2. The first-order valence-corrected chi connectivity index (χ1v) is 13.4. The van der Waals surface area contributed by atoms with E-state index in [1.807, 2.05) is 0 Å². The van der Waals surface area contributed by atoms with Crippen LogP contribution in [0.2, 0.25) is 0 Å². The Morgan fingerprint density at radius 2 is 1.72 bits per heavy atom. The molecule has 2 aliphatic heterocycles. The van der Waals surface area contributed by atoms with E-state index in [-0.39, 0.29) is 36.0 Å². The number of benzene rings is 1. The van der Waals surface area contributed by atoms with Gasteiger partial charge >= 0.3 is 6.09 Å². The Labute approximate surface area is 228 Å². The van der Waals surface area contributed by atoms with Crippen LogP contribution >= 0.6 is 0 Å². The Bertz CT molecular complexity index is 1120. The first kappa shape index (κ1) is 29.8. The molecule has 0 aliphatic carbocycles. The lowest BCUT2D eigenvalue weighted by molar-refractivity contribution is -0.144. The highest BCUT2D eigenvalue weighted by Gasteiger charge is 2.44. The summed E-state index contributed by atoms with van der Waals surface area (Å²) in [6, 6.07) is 4.35. The maximum atomic E-state index is 13.6. The van der Waals surface area contributed by atoms with E-state index in [0.717, 1.165) is 29.7 Å². The molecule has 3 rings (SSSR count). The highest BCUT2D eigenvalue weighted by Crippen LogP contribution is 2.31. The van der Waals surface area contributed by atoms with Gasteiger partial charge in [-0.3, -0.25) is 28.9 Å². The van der Waals surface area contributed by atoms with Crippen LogP contribution in [0, 0.1) is 0 Å². The average Bonchev–Trinajstić information content (AvgIpc) is 3.29. The molecule has 11 nitrogen and oxygen atoms in total. The predicted octanol–water partition coefficient (Wildman–Crippen LogP) is 1.98. The summed E-state index contributed by atoms with van der Waals surface area (Å²) in [6.45, 7) is 4.36. The molecule has 4 atom stereocenters. The minimum atomic E-state index is -1.25. The molecule has 0 unspecified atom stereocenters. The summed E-state index contributed by atoms with van der Waals surface area (Å²) in [7, 11) is 1.29. The molecule has 4 amide bonds. The fraction of sp³-hybridized carbons (Fsp3) is 0.571. The number of hydrogen-bond acceptors (Lipinski definition) is 6. The summed E-state index contributed by atoms with van der Waals surface area (Å²) in [5.74, 6) is -2.55. The van der Waals surface area contributed by atoms with E-state index in [9.17, 15) is 33.9 Å². The van der Waals surface area contributed by atoms with E-state index in [1.54, 1.807) is 29.2 Å². The van der Waals surface area contributed by atoms with Crippen molar-refractivity contribution in [1.29, 1.82) is 0 Å². The number of likely N-dealkylation sites (N-methyl/N-ethyl adjacent to an activating group) is 1. The van der Waals surface area contributed by atoms with Gasteiger partial charge in [-0.05, 0) is 57.6 Å². The van der Waals surface area contributed by atoms with Crippen molar-refractivity contribution in [2.45, 2.75) is 95.9 Å². The minimum absolute atomic E-state index is 0.109. The van der Waals surface area contributed by atoms with Crippen LogP contribution in [-0.4, -0.2) is 81.5 Å². The van der Waals surface area contributed by atoms with Gasteiger partial charge in [0, 0.05) is 19.6 Å². The number of Topliss-reactive ketones (excluding diaryl/α,β-unsaturated/α-hetero) is 2. The summed E-state index contributed by atoms with van der Waals surface area (Å²) in [5.41, 5.74) is 1.30. The molecule has 1 aromatic carbocycles. The smallest absolute Gasteiger partial charge is 0.407 e. The number of amides is 4. The van der Waals surface area contributed by atoms with Crippen LogP contribution in [0.4, 0.5) is 4.79 Å². The molecule has 212 valence electrons. The van der Waals surface area contributed by atoms with E-state index < -0.39 is 36.0 Å². The van der Waals surface area contributed by atoms with Gasteiger partial charge in [-0.2, -0.15) is 0 Å². The number of ketones is 2. The van der Waals surface area contributed by atoms with Crippen LogP contribution in [0.1, 0.15) is 76.3 Å². The quantitative estimate of drug-likeness (QED) is 0.403. The number of carbonyl (C=O) groups excluding carboxylic acids is 5. The van der Waals surface area contributed by atoms with E-state index >= 15 is 0 Å². The highest BCUT2D eigenvalue weighted by molar-refractivity contribution is 6.05. The number of carbonyl (C=O) groups is 6. The second kappa shape index (κ2) is 12.9. The zero-order chi connectivity index (χ0) is 28.9. The Hall–Kier alpha value is -3.76. The molecule has 2 fully saturated rings. The SMILES string of the molecule is CC(=O)C(C(C)=O)c1cccc(CNC(=O)[C@@H]2CC[C@@H]3CCCC[C@H](NC(=O)[C@H](C)N(C)C(=O)O)C(=O)N32)c1. The van der Waals surface area contributed by atoms with Gasteiger partial charge in [-0.1, -0.05) is 37.1 Å². The fourth-order valence-electron chi connectivity index (χ4n) is 5.50. The van der Waals surface area contributed by atoms with Gasteiger partial charge in [0.25, 0.3) is 0 Å². The van der Waals surface area contributed by atoms with Crippen molar-refractivity contribution in [2.24, 2.45) is 0 Å². The molecule has 0 radical (unpaired) electrons. The molecule has 11 heteroatoms. The molecule has 0 bridgehead atoms. The second-order valence-electron chi connectivity index (χ2n) is 10.5. The van der Waals surface area contributed by atoms with Gasteiger partial charge in [0.15, 0.2) is 0 Å². The van der Waals surface area contributed by atoms with Gasteiger partial charge in [0.05, 0.1) is 0 Å². The first-order chi connectivity index (χ1) is 18.4. The molecule has 1 aromatic rings. The molecular weight excluding hydrogens is 504 g/mol. The topological polar surface area (TPSA) is 153 Å². The molecule has 39 heavy (non-hydrogen) atoms. The van der Waals surface area contributed by atoms with E-state index in [1.165, 1.54) is 27.8 Å². The third-order valence-electron chi connectivity index (χ3n) is 7.78. The Morgan fingerprint density at radius 1 is 1.05 bits per heavy atom. The fourth-order valence-corrected chi connectivity index (χ4v) is 5.50. The summed E-state index contributed by atoms with van der Waals surface area (Å²) >= 11 is 0. The van der Waals surface area contributed by atoms with Crippen LogP contribution in [0.25, 0.3) is 0 Å². The molecule has 0 saturated carbocycles. The van der Waals surface area contributed by atoms with Crippen molar-refractivity contribution in [3.05, 3.63) is 35.4 Å². The first-order valence-electron chi connectivity index (χ1n) is 13.4. The van der Waals surface area contributed by atoms with Crippen LogP contribution in [-0.2, 0) is 30.5 Å². The number of fused-ring (bicyclic) bond motifs is 1. The van der Waals surface area contributed by atoms with Crippen molar-refractivity contribution >= 4 is 35.4 Å². The molecule has 2 saturated heterocycles. The third kappa shape index (κ3) is 7.01. The van der Waals surface area contributed by atoms with Gasteiger partial charge in [0.1, 0.15) is 35.6 Å². The number of carboxylic acid groups (broad SMARTS) is 1. The Morgan fingerprint density at radius 3 is 2.36 bits per heavy atom. The lowest BCUT2D eigenvalue weighted by atomic mass is 9.91. The Kier molecular flexibility index (Phi) is 9.82. The summed E-state index contributed by atoms with van der Waals surface area (Å²) in [6.07, 6.45) is 2.69. The van der Waals surface area contributed by atoms with Crippen LogP contribution in [0.3, 0.4) is 0 Å². The van der Waals surface area contributed by atoms with Gasteiger partial charge in [0.2, 0.25) is 17.7 Å². The zero-order valence-electron chi connectivity index (χ0n) is 22.9. The maximum absolute atomic E-state index is 13.6. The van der Waals surface area contributed by atoms with E-state index in [0.29, 0.717) is 24.8 Å². The molecule has 2 heterocycles. The van der Waals surface area contributed by atoms with Crippen LogP contribution in [0.15, 0.2) is 24.3 Å². The van der Waals surface area contributed by atoms with Crippen molar-refractivity contribution < 1.29 is 33.9 Å².